The number of amides is 1. The number of aromatic nitrogens is 1. The van der Waals surface area contributed by atoms with Gasteiger partial charge in [-0.2, -0.15) is 0 Å². The molecule has 33 heavy (non-hydrogen) atoms. The number of carbonyl (C=O) groups is 2. The van der Waals surface area contributed by atoms with Crippen LogP contribution in [-0.2, 0) is 0 Å². The van der Waals surface area contributed by atoms with Crippen LogP contribution in [0.2, 0.25) is 5.02 Å². The Balaban J connectivity index is 2.03. The van der Waals surface area contributed by atoms with Crippen LogP contribution >= 0.6 is 11.6 Å². The lowest BCUT2D eigenvalue weighted by molar-refractivity contribution is 0.112. The van der Waals surface area contributed by atoms with Crippen molar-refractivity contribution >= 4 is 24.0 Å². The fraction of sp³-hybridized carbons (Fsp3) is 0.296. The molecule has 0 saturated carbocycles. The normalized spacial score (nSPS) is 11.1. The monoisotopic (exact) mass is 464 g/mol. The van der Waals surface area contributed by atoms with Crippen LogP contribution in [0.25, 0.3) is 22.3 Å². The molecule has 0 spiro atoms. The fourth-order valence-corrected chi connectivity index (χ4v) is 4.15. The highest BCUT2D eigenvalue weighted by Crippen LogP contribution is 2.40. The minimum Gasteiger partial charge on any atom is -0.408 e. The van der Waals surface area contributed by atoms with E-state index < -0.39 is 6.09 Å². The van der Waals surface area contributed by atoms with Gasteiger partial charge in [0.1, 0.15) is 11.3 Å². The second-order valence-electron chi connectivity index (χ2n) is 8.58. The Bertz CT molecular complexity index is 1150. The molecule has 0 N–H and O–H groups in total. The van der Waals surface area contributed by atoms with Gasteiger partial charge >= 0.3 is 6.09 Å². The summed E-state index contributed by atoms with van der Waals surface area (Å²) in [6.45, 7) is 11.5. The SMILES string of the molecule is Cc1nc(C)c(-c2ccc(-c3ccc(C=O)cc3)cc2)c(OC(=O)N(C(C)C)C(C)C)c1Cl. The summed E-state index contributed by atoms with van der Waals surface area (Å²) in [4.78, 5) is 30.2. The van der Waals surface area contributed by atoms with Crippen molar-refractivity contribution in [3.63, 3.8) is 0 Å². The highest BCUT2D eigenvalue weighted by Gasteiger charge is 2.26. The van der Waals surface area contributed by atoms with Gasteiger partial charge in [0, 0.05) is 28.9 Å². The quantitative estimate of drug-likeness (QED) is 0.364. The van der Waals surface area contributed by atoms with Crippen molar-refractivity contribution in [2.24, 2.45) is 0 Å². The van der Waals surface area contributed by atoms with Gasteiger partial charge in [-0.15, -0.1) is 0 Å². The van der Waals surface area contributed by atoms with Crippen LogP contribution in [0.3, 0.4) is 0 Å². The Morgan fingerprint density at radius 1 is 0.879 bits per heavy atom. The van der Waals surface area contributed by atoms with Crippen molar-refractivity contribution in [3.8, 4) is 28.0 Å². The third-order valence-corrected chi connectivity index (χ3v) is 5.95. The second kappa shape index (κ2) is 10.2. The molecule has 0 bridgehead atoms. The maximum absolute atomic E-state index is 13.0. The Morgan fingerprint density at radius 2 is 1.36 bits per heavy atom. The molecule has 1 amide bonds. The molecule has 1 aromatic heterocycles. The first-order chi connectivity index (χ1) is 15.6. The maximum atomic E-state index is 13.0. The second-order valence-corrected chi connectivity index (χ2v) is 8.96. The lowest BCUT2D eigenvalue weighted by atomic mass is 9.98. The zero-order chi connectivity index (χ0) is 24.3. The molecular weight excluding hydrogens is 436 g/mol. The van der Waals surface area contributed by atoms with E-state index >= 15 is 0 Å². The van der Waals surface area contributed by atoms with E-state index in [-0.39, 0.29) is 12.1 Å². The number of hydrogen-bond donors (Lipinski definition) is 0. The zero-order valence-electron chi connectivity index (χ0n) is 19.8. The van der Waals surface area contributed by atoms with E-state index in [4.69, 9.17) is 16.3 Å². The summed E-state index contributed by atoms with van der Waals surface area (Å²) in [6.07, 6.45) is 0.381. The average molecular weight is 465 g/mol. The Morgan fingerprint density at radius 3 is 1.85 bits per heavy atom. The molecule has 0 aliphatic carbocycles. The molecule has 0 unspecified atom stereocenters. The van der Waals surface area contributed by atoms with Gasteiger partial charge in [0.2, 0.25) is 0 Å². The molecule has 3 aromatic rings. The number of aldehydes is 1. The van der Waals surface area contributed by atoms with Crippen LogP contribution in [-0.4, -0.2) is 34.3 Å². The van der Waals surface area contributed by atoms with Crippen LogP contribution in [0, 0.1) is 13.8 Å². The summed E-state index contributed by atoms with van der Waals surface area (Å²) >= 11 is 6.60. The molecule has 0 saturated heterocycles. The first kappa shape index (κ1) is 24.5. The standard InChI is InChI=1S/C27H29ClN2O3/c1-16(2)30(17(3)4)27(32)33-26-24(18(5)29-19(6)25(26)28)23-13-11-22(12-14-23)21-9-7-20(15-31)8-10-21/h7-17H,1-6H3. The highest BCUT2D eigenvalue weighted by atomic mass is 35.5. The number of nitrogens with zero attached hydrogens (tertiary/aromatic N) is 2. The zero-order valence-corrected chi connectivity index (χ0v) is 20.6. The Hall–Kier alpha value is -3.18. The lowest BCUT2D eigenvalue weighted by Gasteiger charge is -2.30. The van der Waals surface area contributed by atoms with E-state index in [2.05, 4.69) is 4.98 Å². The predicted molar refractivity (Wildman–Crippen MR) is 133 cm³/mol. The summed E-state index contributed by atoms with van der Waals surface area (Å²) in [5.41, 5.74) is 5.50. The summed E-state index contributed by atoms with van der Waals surface area (Å²) in [5, 5.41) is 0.324. The molecule has 172 valence electrons. The van der Waals surface area contributed by atoms with Gasteiger partial charge in [0.05, 0.1) is 5.69 Å². The van der Waals surface area contributed by atoms with Crippen LogP contribution in [0.5, 0.6) is 5.75 Å². The van der Waals surface area contributed by atoms with Crippen molar-refractivity contribution in [3.05, 3.63) is 70.5 Å². The van der Waals surface area contributed by atoms with Gasteiger partial charge < -0.3 is 9.64 Å². The van der Waals surface area contributed by atoms with Gasteiger partial charge in [0.25, 0.3) is 0 Å². The molecule has 2 aromatic carbocycles. The van der Waals surface area contributed by atoms with Crippen LogP contribution < -0.4 is 4.74 Å². The van der Waals surface area contributed by atoms with Crippen LogP contribution in [0.4, 0.5) is 4.79 Å². The summed E-state index contributed by atoms with van der Waals surface area (Å²) in [6, 6.07) is 15.2. The molecule has 0 radical (unpaired) electrons. The van der Waals surface area contributed by atoms with E-state index in [0.717, 1.165) is 28.7 Å². The van der Waals surface area contributed by atoms with Crippen molar-refractivity contribution in [1.82, 2.24) is 9.88 Å². The smallest absolute Gasteiger partial charge is 0.408 e. The molecule has 0 aliphatic rings. The number of hydrogen-bond acceptors (Lipinski definition) is 4. The van der Waals surface area contributed by atoms with E-state index in [0.29, 0.717) is 27.6 Å². The van der Waals surface area contributed by atoms with Gasteiger partial charge in [-0.25, -0.2) is 4.79 Å². The highest BCUT2D eigenvalue weighted by molar-refractivity contribution is 6.33. The molecule has 1 heterocycles. The number of rotatable bonds is 6. The molecule has 6 heteroatoms. The van der Waals surface area contributed by atoms with E-state index in [1.165, 1.54) is 0 Å². The van der Waals surface area contributed by atoms with Gasteiger partial charge in [-0.05, 0) is 58.2 Å². The lowest BCUT2D eigenvalue weighted by Crippen LogP contribution is -2.43. The van der Waals surface area contributed by atoms with E-state index in [9.17, 15) is 9.59 Å². The van der Waals surface area contributed by atoms with Crippen molar-refractivity contribution < 1.29 is 14.3 Å². The fourth-order valence-electron chi connectivity index (χ4n) is 3.97. The van der Waals surface area contributed by atoms with Gasteiger partial charge in [-0.1, -0.05) is 60.1 Å². The molecule has 0 fully saturated rings. The number of benzene rings is 2. The van der Waals surface area contributed by atoms with Crippen molar-refractivity contribution in [2.75, 3.05) is 0 Å². The summed E-state index contributed by atoms with van der Waals surface area (Å²) in [5.74, 6) is 0.320. The van der Waals surface area contributed by atoms with Crippen LogP contribution in [0.1, 0.15) is 49.4 Å². The van der Waals surface area contributed by atoms with Gasteiger partial charge in [0.15, 0.2) is 5.75 Å². The third kappa shape index (κ3) is 5.25. The Kier molecular flexibility index (Phi) is 7.54. The molecular formula is C27H29ClN2O3. The number of carbonyl (C=O) groups excluding carboxylic acids is 2. The number of ether oxygens (including phenoxy) is 1. The topological polar surface area (TPSA) is 59.5 Å². The first-order valence-corrected chi connectivity index (χ1v) is 11.3. The summed E-state index contributed by atoms with van der Waals surface area (Å²) < 4.78 is 5.90. The predicted octanol–water partition coefficient (Wildman–Crippen LogP) is 7.12. The largest absolute Gasteiger partial charge is 0.415 e. The molecule has 0 aliphatic heterocycles. The van der Waals surface area contributed by atoms with Crippen LogP contribution in [0.15, 0.2) is 48.5 Å². The van der Waals surface area contributed by atoms with Crippen molar-refractivity contribution in [1.29, 1.82) is 0 Å². The van der Waals surface area contributed by atoms with Gasteiger partial charge in [-0.3, -0.25) is 9.78 Å². The number of aryl methyl sites for hydroxylation is 2. The maximum Gasteiger partial charge on any atom is 0.415 e. The first-order valence-electron chi connectivity index (χ1n) is 11.0. The van der Waals surface area contributed by atoms with E-state index in [1.807, 2.05) is 71.0 Å². The molecule has 5 nitrogen and oxygen atoms in total. The minimum absolute atomic E-state index is 0.0198. The van der Waals surface area contributed by atoms with Crippen molar-refractivity contribution in [2.45, 2.75) is 53.6 Å². The summed E-state index contributed by atoms with van der Waals surface area (Å²) in [7, 11) is 0. The average Bonchev–Trinajstić information content (AvgIpc) is 2.77. The number of halogens is 1. The molecule has 3 rings (SSSR count). The molecule has 0 atom stereocenters. The Labute approximate surface area is 200 Å². The minimum atomic E-state index is -0.444. The number of pyridine rings is 1. The third-order valence-electron chi connectivity index (χ3n) is 5.51. The van der Waals surface area contributed by atoms with E-state index in [1.54, 1.807) is 24.0 Å².